The van der Waals surface area contributed by atoms with E-state index in [1.165, 1.54) is 0 Å². The van der Waals surface area contributed by atoms with Gasteiger partial charge in [-0.15, -0.1) is 0 Å². The van der Waals surface area contributed by atoms with E-state index in [2.05, 4.69) is 16.8 Å². The normalized spacial score (nSPS) is 16.4. The number of non-ortho nitro benzene ring substituents is 1. The van der Waals surface area contributed by atoms with Gasteiger partial charge in [-0.3, -0.25) is 10.1 Å². The van der Waals surface area contributed by atoms with Crippen LogP contribution in [-0.2, 0) is 0 Å². The topological polar surface area (TPSA) is 69.8 Å². The summed E-state index contributed by atoms with van der Waals surface area (Å²) in [5.41, 5.74) is 1.19. The van der Waals surface area contributed by atoms with Crippen LogP contribution in [0.4, 0.5) is 11.4 Å². The number of nitrogens with zero attached hydrogens (tertiary/aromatic N) is 3. The van der Waals surface area contributed by atoms with Crippen LogP contribution in [-0.4, -0.2) is 54.3 Å². The monoisotopic (exact) mass is 293 g/mol. The van der Waals surface area contributed by atoms with Crippen LogP contribution in [0, 0.1) is 10.1 Å². The van der Waals surface area contributed by atoms with E-state index < -0.39 is 0 Å². The molecule has 0 radical (unpaired) electrons. The van der Waals surface area contributed by atoms with E-state index in [-0.39, 0.29) is 17.2 Å². The number of rotatable bonds is 6. The molecule has 1 aromatic rings. The van der Waals surface area contributed by atoms with Crippen molar-refractivity contribution in [1.82, 2.24) is 4.90 Å². The molecule has 21 heavy (non-hydrogen) atoms. The molecular weight excluding hydrogens is 270 g/mol. The lowest BCUT2D eigenvalue weighted by atomic mass is 10.0. The van der Waals surface area contributed by atoms with Crippen LogP contribution in [0.25, 0.3) is 0 Å². The lowest BCUT2D eigenvalue weighted by Crippen LogP contribution is -2.43. The molecule has 0 unspecified atom stereocenters. The number of benzene rings is 1. The third-order valence-electron chi connectivity index (χ3n) is 4.18. The molecule has 1 aliphatic rings. The first-order chi connectivity index (χ1) is 10.1. The number of hydrogen-bond acceptors (Lipinski definition) is 5. The zero-order chi connectivity index (χ0) is 15.2. The highest BCUT2D eigenvalue weighted by atomic mass is 16.6. The molecule has 0 aliphatic carbocycles. The number of hydrogen-bond donors (Lipinski definition) is 1. The van der Waals surface area contributed by atoms with Gasteiger partial charge in [0.15, 0.2) is 0 Å². The number of aliphatic hydroxyl groups is 1. The van der Waals surface area contributed by atoms with E-state index in [0.717, 1.165) is 44.6 Å². The van der Waals surface area contributed by atoms with Gasteiger partial charge < -0.3 is 14.9 Å². The molecule has 0 atom stereocenters. The Morgan fingerprint density at radius 1 is 1.33 bits per heavy atom. The van der Waals surface area contributed by atoms with Gasteiger partial charge in [0.2, 0.25) is 0 Å². The number of nitro groups is 1. The summed E-state index contributed by atoms with van der Waals surface area (Å²) in [5, 5.41) is 19.5. The first-order valence-electron chi connectivity index (χ1n) is 7.42. The molecule has 1 heterocycles. The Bertz CT molecular complexity index is 456. The van der Waals surface area contributed by atoms with Crippen LogP contribution in [0.3, 0.4) is 0 Å². The fraction of sp³-hybridized carbons (Fsp3) is 0.600. The Morgan fingerprint density at radius 2 is 1.95 bits per heavy atom. The predicted octanol–water partition coefficient (Wildman–Crippen LogP) is 1.88. The van der Waals surface area contributed by atoms with Gasteiger partial charge in [-0.1, -0.05) is 0 Å². The van der Waals surface area contributed by atoms with Gasteiger partial charge in [0, 0.05) is 50.1 Å². The van der Waals surface area contributed by atoms with Crippen molar-refractivity contribution < 1.29 is 10.0 Å². The Morgan fingerprint density at radius 3 is 2.48 bits per heavy atom. The minimum atomic E-state index is -0.369. The summed E-state index contributed by atoms with van der Waals surface area (Å²) in [6.45, 7) is 3.10. The summed E-state index contributed by atoms with van der Waals surface area (Å²) < 4.78 is 0. The zero-order valence-corrected chi connectivity index (χ0v) is 12.4. The fourth-order valence-corrected chi connectivity index (χ4v) is 2.85. The number of anilines is 1. The number of piperidine rings is 1. The van der Waals surface area contributed by atoms with Gasteiger partial charge >= 0.3 is 0 Å². The van der Waals surface area contributed by atoms with Gasteiger partial charge in [-0.2, -0.15) is 0 Å². The molecule has 1 aromatic carbocycles. The van der Waals surface area contributed by atoms with E-state index in [0.29, 0.717) is 6.04 Å². The summed E-state index contributed by atoms with van der Waals surface area (Å²) in [5.74, 6) is 0. The quantitative estimate of drug-likeness (QED) is 0.640. The minimum absolute atomic E-state index is 0.136. The van der Waals surface area contributed by atoms with Crippen molar-refractivity contribution in [2.45, 2.75) is 25.3 Å². The molecule has 6 nitrogen and oxygen atoms in total. The third kappa shape index (κ3) is 4.15. The second-order valence-electron chi connectivity index (χ2n) is 5.55. The number of nitro benzene ring substituents is 1. The van der Waals surface area contributed by atoms with Crippen molar-refractivity contribution in [2.75, 3.05) is 38.2 Å². The predicted molar refractivity (Wildman–Crippen MR) is 82.7 cm³/mol. The molecule has 1 aliphatic heterocycles. The lowest BCUT2D eigenvalue weighted by Gasteiger charge is -2.37. The maximum atomic E-state index is 10.7. The molecule has 1 saturated heterocycles. The van der Waals surface area contributed by atoms with E-state index in [9.17, 15) is 10.1 Å². The summed E-state index contributed by atoms with van der Waals surface area (Å²) in [7, 11) is 2.11. The van der Waals surface area contributed by atoms with Gasteiger partial charge in [0.25, 0.3) is 5.69 Å². The second-order valence-corrected chi connectivity index (χ2v) is 5.55. The van der Waals surface area contributed by atoms with Crippen molar-refractivity contribution in [3.05, 3.63) is 34.4 Å². The SMILES string of the molecule is CN(CCCO)C1CCN(c2ccc([N+](=O)[O-])cc2)CC1. The Labute approximate surface area is 125 Å². The summed E-state index contributed by atoms with van der Waals surface area (Å²) in [6.07, 6.45) is 2.98. The van der Waals surface area contributed by atoms with Gasteiger partial charge in [0.1, 0.15) is 0 Å². The van der Waals surface area contributed by atoms with Crippen molar-refractivity contribution in [3.8, 4) is 0 Å². The van der Waals surface area contributed by atoms with E-state index in [1.807, 2.05) is 12.1 Å². The second kappa shape index (κ2) is 7.38. The standard InChI is InChI=1S/C15H23N3O3/c1-16(9-2-12-19)13-7-10-17(11-8-13)14-3-5-15(6-4-14)18(20)21/h3-6,13,19H,2,7-12H2,1H3. The minimum Gasteiger partial charge on any atom is -0.396 e. The highest BCUT2D eigenvalue weighted by Gasteiger charge is 2.22. The Kier molecular flexibility index (Phi) is 5.52. The van der Waals surface area contributed by atoms with E-state index in [1.54, 1.807) is 12.1 Å². The van der Waals surface area contributed by atoms with Crippen LogP contribution in [0.15, 0.2) is 24.3 Å². The van der Waals surface area contributed by atoms with Crippen molar-refractivity contribution in [1.29, 1.82) is 0 Å². The summed E-state index contributed by atoms with van der Waals surface area (Å²) >= 11 is 0. The largest absolute Gasteiger partial charge is 0.396 e. The smallest absolute Gasteiger partial charge is 0.269 e. The first-order valence-corrected chi connectivity index (χ1v) is 7.42. The molecule has 0 spiro atoms. The van der Waals surface area contributed by atoms with Crippen LogP contribution in [0.2, 0.25) is 0 Å². The van der Waals surface area contributed by atoms with Gasteiger partial charge in [-0.05, 0) is 38.4 Å². The Hall–Kier alpha value is -1.66. The molecule has 116 valence electrons. The molecule has 0 aromatic heterocycles. The average Bonchev–Trinajstić information content (AvgIpc) is 2.53. The highest BCUT2D eigenvalue weighted by molar-refractivity contribution is 5.51. The van der Waals surface area contributed by atoms with Crippen LogP contribution >= 0.6 is 0 Å². The molecule has 1 fully saturated rings. The molecule has 6 heteroatoms. The first kappa shape index (κ1) is 15.7. The van der Waals surface area contributed by atoms with Crippen LogP contribution < -0.4 is 4.90 Å². The van der Waals surface area contributed by atoms with Gasteiger partial charge in [-0.25, -0.2) is 0 Å². The maximum absolute atomic E-state index is 10.7. The zero-order valence-electron chi connectivity index (χ0n) is 12.4. The number of aliphatic hydroxyl groups excluding tert-OH is 1. The third-order valence-corrected chi connectivity index (χ3v) is 4.18. The average molecular weight is 293 g/mol. The molecule has 0 bridgehead atoms. The van der Waals surface area contributed by atoms with Crippen molar-refractivity contribution in [3.63, 3.8) is 0 Å². The van der Waals surface area contributed by atoms with Crippen molar-refractivity contribution in [2.24, 2.45) is 0 Å². The van der Waals surface area contributed by atoms with E-state index >= 15 is 0 Å². The maximum Gasteiger partial charge on any atom is 0.269 e. The molecule has 0 amide bonds. The lowest BCUT2D eigenvalue weighted by molar-refractivity contribution is -0.384. The summed E-state index contributed by atoms with van der Waals surface area (Å²) in [6, 6.07) is 7.34. The van der Waals surface area contributed by atoms with E-state index in [4.69, 9.17) is 5.11 Å². The summed E-state index contributed by atoms with van der Waals surface area (Å²) in [4.78, 5) is 14.9. The van der Waals surface area contributed by atoms with Crippen LogP contribution in [0.1, 0.15) is 19.3 Å². The highest BCUT2D eigenvalue weighted by Crippen LogP contribution is 2.24. The fourth-order valence-electron chi connectivity index (χ4n) is 2.85. The Balaban J connectivity index is 1.87. The molecule has 0 saturated carbocycles. The molecular formula is C15H23N3O3. The molecule has 1 N–H and O–H groups in total. The van der Waals surface area contributed by atoms with Crippen molar-refractivity contribution >= 4 is 11.4 Å². The van der Waals surface area contributed by atoms with Gasteiger partial charge in [0.05, 0.1) is 4.92 Å². The van der Waals surface area contributed by atoms with Crippen LogP contribution in [0.5, 0.6) is 0 Å². The molecule has 2 rings (SSSR count).